The molecule has 0 unspecified atom stereocenters. The molecule has 0 saturated heterocycles. The molecule has 0 aliphatic heterocycles. The SMILES string of the molecule is CN(C)c1ccc(/C=N\NC(=O)CN(Cc2c(Cl)cccc2Cl)S(=O)(=O)c2ccc(Cl)cc2)cc1. The van der Waals surface area contributed by atoms with Crippen LogP contribution in [0.4, 0.5) is 5.69 Å². The fourth-order valence-electron chi connectivity index (χ4n) is 3.07. The van der Waals surface area contributed by atoms with E-state index in [1.54, 1.807) is 18.2 Å². The van der Waals surface area contributed by atoms with Gasteiger partial charge in [-0.25, -0.2) is 13.8 Å². The lowest BCUT2D eigenvalue weighted by Gasteiger charge is -2.22. The maximum atomic E-state index is 13.4. The van der Waals surface area contributed by atoms with E-state index in [0.29, 0.717) is 10.6 Å². The summed E-state index contributed by atoms with van der Waals surface area (Å²) in [4.78, 5) is 14.6. The molecule has 3 aromatic rings. The Kier molecular flexibility index (Phi) is 9.15. The van der Waals surface area contributed by atoms with E-state index in [9.17, 15) is 13.2 Å². The molecule has 184 valence electrons. The molecule has 0 fully saturated rings. The Morgan fingerprint density at radius 1 is 0.943 bits per heavy atom. The molecule has 0 bridgehead atoms. The molecule has 0 saturated carbocycles. The third kappa shape index (κ3) is 7.19. The predicted molar refractivity (Wildman–Crippen MR) is 142 cm³/mol. The van der Waals surface area contributed by atoms with E-state index in [-0.39, 0.29) is 21.5 Å². The molecule has 0 aliphatic rings. The average molecular weight is 554 g/mol. The number of nitrogens with one attached hydrogen (secondary N) is 1. The van der Waals surface area contributed by atoms with E-state index >= 15 is 0 Å². The van der Waals surface area contributed by atoms with Crippen molar-refractivity contribution in [2.75, 3.05) is 25.5 Å². The first-order valence-electron chi connectivity index (χ1n) is 10.4. The molecule has 1 N–H and O–H groups in total. The summed E-state index contributed by atoms with van der Waals surface area (Å²) in [5.74, 6) is -0.633. The van der Waals surface area contributed by atoms with E-state index in [1.807, 2.05) is 43.3 Å². The number of rotatable bonds is 9. The lowest BCUT2D eigenvalue weighted by Crippen LogP contribution is -2.39. The first-order valence-corrected chi connectivity index (χ1v) is 12.9. The highest BCUT2D eigenvalue weighted by atomic mass is 35.5. The molecule has 0 radical (unpaired) electrons. The van der Waals surface area contributed by atoms with Gasteiger partial charge in [-0.15, -0.1) is 0 Å². The molecule has 35 heavy (non-hydrogen) atoms. The largest absolute Gasteiger partial charge is 0.378 e. The Labute approximate surface area is 220 Å². The number of benzene rings is 3. The molecule has 0 heterocycles. The van der Waals surface area contributed by atoms with Crippen LogP contribution in [0.3, 0.4) is 0 Å². The summed E-state index contributed by atoms with van der Waals surface area (Å²) in [5, 5.41) is 4.90. The number of amides is 1. The Morgan fingerprint density at radius 3 is 2.11 bits per heavy atom. The van der Waals surface area contributed by atoms with Gasteiger partial charge in [0.2, 0.25) is 10.0 Å². The lowest BCUT2D eigenvalue weighted by molar-refractivity contribution is -0.121. The zero-order chi connectivity index (χ0) is 25.6. The van der Waals surface area contributed by atoms with Crippen molar-refractivity contribution >= 4 is 62.6 Å². The minimum absolute atomic E-state index is 0.0256. The second kappa shape index (κ2) is 11.9. The van der Waals surface area contributed by atoms with Crippen LogP contribution >= 0.6 is 34.8 Å². The molecule has 1 amide bonds. The number of hydrogen-bond acceptors (Lipinski definition) is 5. The second-order valence-corrected chi connectivity index (χ2v) is 10.9. The molecular formula is C24H23Cl3N4O3S. The zero-order valence-electron chi connectivity index (χ0n) is 19.0. The van der Waals surface area contributed by atoms with E-state index in [1.165, 1.54) is 30.5 Å². The van der Waals surface area contributed by atoms with Gasteiger partial charge in [-0.1, -0.05) is 53.0 Å². The number of halogens is 3. The van der Waals surface area contributed by atoms with Gasteiger partial charge in [0.25, 0.3) is 5.91 Å². The number of hydrogen-bond donors (Lipinski definition) is 1. The van der Waals surface area contributed by atoms with E-state index in [0.717, 1.165) is 15.6 Å². The lowest BCUT2D eigenvalue weighted by atomic mass is 10.2. The summed E-state index contributed by atoms with van der Waals surface area (Å²) in [6.07, 6.45) is 1.47. The molecule has 11 heteroatoms. The quantitative estimate of drug-likeness (QED) is 0.297. The van der Waals surface area contributed by atoms with Crippen LogP contribution in [0.15, 0.2) is 76.7 Å². The van der Waals surface area contributed by atoms with Crippen molar-refractivity contribution in [3.63, 3.8) is 0 Å². The normalized spacial score (nSPS) is 11.7. The minimum Gasteiger partial charge on any atom is -0.378 e. The van der Waals surface area contributed by atoms with Crippen molar-refractivity contribution in [3.05, 3.63) is 92.9 Å². The summed E-state index contributed by atoms with van der Waals surface area (Å²) in [5.41, 5.74) is 4.54. The van der Waals surface area contributed by atoms with Crippen LogP contribution in [0.5, 0.6) is 0 Å². The first kappa shape index (κ1) is 27.0. The van der Waals surface area contributed by atoms with Crippen molar-refractivity contribution in [1.82, 2.24) is 9.73 Å². The van der Waals surface area contributed by atoms with Gasteiger partial charge < -0.3 is 4.90 Å². The smallest absolute Gasteiger partial charge is 0.255 e. The summed E-state index contributed by atoms with van der Waals surface area (Å²) >= 11 is 18.4. The monoisotopic (exact) mass is 552 g/mol. The van der Waals surface area contributed by atoms with Crippen LogP contribution in [0.2, 0.25) is 15.1 Å². The Bertz CT molecular complexity index is 1290. The topological polar surface area (TPSA) is 82.1 Å². The summed E-state index contributed by atoms with van der Waals surface area (Å²) < 4.78 is 27.7. The van der Waals surface area contributed by atoms with Crippen LogP contribution < -0.4 is 10.3 Å². The fourth-order valence-corrected chi connectivity index (χ4v) is 5.08. The molecule has 0 atom stereocenters. The highest BCUT2D eigenvalue weighted by molar-refractivity contribution is 7.89. The first-order chi connectivity index (χ1) is 16.6. The third-order valence-corrected chi connectivity index (χ3v) is 7.75. The summed E-state index contributed by atoms with van der Waals surface area (Å²) in [6, 6.07) is 18.0. The Hall–Kier alpha value is -2.62. The maximum Gasteiger partial charge on any atom is 0.255 e. The van der Waals surface area contributed by atoms with Crippen molar-refractivity contribution in [3.8, 4) is 0 Å². The number of carbonyl (C=O) groups excluding carboxylic acids is 1. The number of hydrazone groups is 1. The number of sulfonamides is 1. The van der Waals surface area contributed by atoms with Crippen LogP contribution in [-0.2, 0) is 21.4 Å². The van der Waals surface area contributed by atoms with E-state index in [2.05, 4.69) is 10.5 Å². The van der Waals surface area contributed by atoms with Crippen LogP contribution in [-0.4, -0.2) is 45.5 Å². The van der Waals surface area contributed by atoms with Gasteiger partial charge in [-0.3, -0.25) is 4.79 Å². The fraction of sp³-hybridized carbons (Fsp3) is 0.167. The minimum atomic E-state index is -4.09. The van der Waals surface area contributed by atoms with Gasteiger partial charge >= 0.3 is 0 Å². The highest BCUT2D eigenvalue weighted by Gasteiger charge is 2.28. The van der Waals surface area contributed by atoms with Crippen LogP contribution in [0, 0.1) is 0 Å². The molecule has 0 aliphatic carbocycles. The molecule has 3 aromatic carbocycles. The van der Waals surface area contributed by atoms with Gasteiger partial charge in [-0.05, 0) is 54.1 Å². The maximum absolute atomic E-state index is 13.4. The Balaban J connectivity index is 1.80. The number of nitrogens with zero attached hydrogens (tertiary/aromatic N) is 3. The predicted octanol–water partition coefficient (Wildman–Crippen LogP) is 5.05. The molecule has 7 nitrogen and oxygen atoms in total. The highest BCUT2D eigenvalue weighted by Crippen LogP contribution is 2.28. The summed E-state index contributed by atoms with van der Waals surface area (Å²) in [6.45, 7) is -0.726. The average Bonchev–Trinajstić information content (AvgIpc) is 2.81. The van der Waals surface area contributed by atoms with Crippen molar-refractivity contribution in [2.45, 2.75) is 11.4 Å². The van der Waals surface area contributed by atoms with Crippen molar-refractivity contribution < 1.29 is 13.2 Å². The molecule has 0 spiro atoms. The van der Waals surface area contributed by atoms with Gasteiger partial charge in [0.05, 0.1) is 17.7 Å². The van der Waals surface area contributed by atoms with Crippen molar-refractivity contribution in [2.24, 2.45) is 5.10 Å². The van der Waals surface area contributed by atoms with E-state index in [4.69, 9.17) is 34.8 Å². The van der Waals surface area contributed by atoms with Crippen LogP contribution in [0.1, 0.15) is 11.1 Å². The third-order valence-electron chi connectivity index (χ3n) is 4.98. The van der Waals surface area contributed by atoms with Gasteiger partial charge in [0.15, 0.2) is 0 Å². The zero-order valence-corrected chi connectivity index (χ0v) is 22.0. The van der Waals surface area contributed by atoms with Crippen LogP contribution in [0.25, 0.3) is 0 Å². The van der Waals surface area contributed by atoms with Gasteiger partial charge in [0.1, 0.15) is 0 Å². The second-order valence-electron chi connectivity index (χ2n) is 7.71. The van der Waals surface area contributed by atoms with Crippen molar-refractivity contribution in [1.29, 1.82) is 0 Å². The Morgan fingerprint density at radius 2 is 1.54 bits per heavy atom. The van der Waals surface area contributed by atoms with Gasteiger partial charge in [-0.2, -0.15) is 9.41 Å². The number of anilines is 1. The summed E-state index contributed by atoms with van der Waals surface area (Å²) in [7, 11) is -0.228. The van der Waals surface area contributed by atoms with Gasteiger partial charge in [0, 0.05) is 47.0 Å². The standard InChI is InChI=1S/C24H23Cl3N4O3S/c1-30(2)19-10-6-17(7-11-19)14-28-29-24(32)16-31(15-21-22(26)4-3-5-23(21)27)35(33,34)20-12-8-18(25)9-13-20/h3-14H,15-16H2,1-2H3,(H,29,32)/b28-14-. The molecular weight excluding hydrogens is 531 g/mol. The molecule has 0 aromatic heterocycles. The number of carbonyl (C=O) groups is 1. The van der Waals surface area contributed by atoms with E-state index < -0.39 is 22.5 Å². The molecule has 3 rings (SSSR count).